The van der Waals surface area contributed by atoms with Crippen molar-refractivity contribution in [3.8, 4) is 10.4 Å². The van der Waals surface area contributed by atoms with E-state index in [2.05, 4.69) is 36.3 Å². The van der Waals surface area contributed by atoms with Crippen LogP contribution in [0.4, 0.5) is 5.69 Å². The minimum atomic E-state index is -0.409. The lowest BCUT2D eigenvalue weighted by atomic mass is 10.1. The number of ether oxygens (including phenoxy) is 1. The van der Waals surface area contributed by atoms with Crippen LogP contribution < -0.4 is 5.73 Å². The molecule has 0 radical (unpaired) electrons. The quantitative estimate of drug-likeness (QED) is 0.736. The van der Waals surface area contributed by atoms with E-state index < -0.39 is 5.97 Å². The Balaban J connectivity index is 1.90. The zero-order valence-corrected chi connectivity index (χ0v) is 14.7. The Hall–Kier alpha value is -2.60. The van der Waals surface area contributed by atoms with Crippen molar-refractivity contribution < 1.29 is 9.53 Å². The van der Waals surface area contributed by atoms with Crippen molar-refractivity contribution in [2.24, 2.45) is 0 Å². The summed E-state index contributed by atoms with van der Waals surface area (Å²) >= 11 is 1.33. The topological polar surface area (TPSA) is 70.1 Å². The van der Waals surface area contributed by atoms with Gasteiger partial charge in [-0.05, 0) is 25.5 Å². The van der Waals surface area contributed by atoms with Gasteiger partial charge in [0.2, 0.25) is 0 Å². The summed E-state index contributed by atoms with van der Waals surface area (Å²) < 4.78 is 6.71. The molecule has 0 amide bonds. The number of hydrogen-bond acceptors (Lipinski definition) is 5. The number of nitrogen functional groups attached to an aromatic ring is 1. The van der Waals surface area contributed by atoms with Crippen LogP contribution in [0.25, 0.3) is 10.4 Å². The second-order valence-corrected chi connectivity index (χ2v) is 6.73. The molecule has 0 aliphatic heterocycles. The number of benzene rings is 1. The highest BCUT2D eigenvalue weighted by Gasteiger charge is 2.18. The second-order valence-electron chi connectivity index (χ2n) is 5.67. The van der Waals surface area contributed by atoms with Gasteiger partial charge in [0.05, 0.1) is 25.5 Å². The minimum Gasteiger partial charge on any atom is -0.465 e. The largest absolute Gasteiger partial charge is 0.465 e. The van der Waals surface area contributed by atoms with Gasteiger partial charge in [-0.2, -0.15) is 5.10 Å². The smallest absolute Gasteiger partial charge is 0.350 e. The highest BCUT2D eigenvalue weighted by Crippen LogP contribution is 2.35. The number of esters is 1. The number of hydrogen-bond donors (Lipinski definition) is 1. The van der Waals surface area contributed by atoms with Crippen LogP contribution in [0, 0.1) is 13.8 Å². The molecule has 124 valence electrons. The first-order chi connectivity index (χ1) is 11.5. The van der Waals surface area contributed by atoms with E-state index in [-0.39, 0.29) is 0 Å². The third kappa shape index (κ3) is 3.05. The first-order valence-corrected chi connectivity index (χ1v) is 8.37. The fraction of sp³-hybridized carbons (Fsp3) is 0.222. The maximum atomic E-state index is 11.7. The van der Waals surface area contributed by atoms with Gasteiger partial charge in [-0.15, -0.1) is 11.3 Å². The van der Waals surface area contributed by atoms with Gasteiger partial charge in [-0.25, -0.2) is 4.79 Å². The monoisotopic (exact) mass is 341 g/mol. The lowest BCUT2D eigenvalue weighted by Gasteiger charge is -2.06. The summed E-state index contributed by atoms with van der Waals surface area (Å²) in [4.78, 5) is 13.1. The zero-order chi connectivity index (χ0) is 17.3. The fourth-order valence-corrected chi connectivity index (χ4v) is 3.56. The van der Waals surface area contributed by atoms with E-state index in [0.717, 1.165) is 16.1 Å². The Morgan fingerprint density at radius 1 is 1.29 bits per heavy atom. The number of aromatic nitrogens is 2. The standard InChI is InChI=1S/C18H19N3O2S/c1-11-4-6-13(7-5-11)10-21-12(2)14(9-20-21)16-8-15(19)17(24-16)18(22)23-3/h4-9H,10,19H2,1-3H3. The van der Waals surface area contributed by atoms with Gasteiger partial charge < -0.3 is 10.5 Å². The molecule has 0 bridgehead atoms. The maximum Gasteiger partial charge on any atom is 0.350 e. The Labute approximate surface area is 144 Å². The van der Waals surface area contributed by atoms with Crippen LogP contribution in [-0.2, 0) is 11.3 Å². The molecule has 2 N–H and O–H groups in total. The van der Waals surface area contributed by atoms with E-state index in [1.54, 1.807) is 6.07 Å². The molecule has 0 saturated heterocycles. The van der Waals surface area contributed by atoms with E-state index in [1.165, 1.54) is 29.6 Å². The number of carbonyl (C=O) groups is 1. The van der Waals surface area contributed by atoms with E-state index in [0.29, 0.717) is 17.1 Å². The van der Waals surface area contributed by atoms with Crippen molar-refractivity contribution in [3.63, 3.8) is 0 Å². The van der Waals surface area contributed by atoms with E-state index in [1.807, 2.05) is 17.8 Å². The molecule has 0 fully saturated rings. The SMILES string of the molecule is COC(=O)c1sc(-c2cnn(Cc3ccc(C)cc3)c2C)cc1N. The highest BCUT2D eigenvalue weighted by atomic mass is 32.1. The lowest BCUT2D eigenvalue weighted by molar-refractivity contribution is 0.0607. The molecule has 0 aliphatic carbocycles. The van der Waals surface area contributed by atoms with Gasteiger partial charge in [0.15, 0.2) is 0 Å². The number of rotatable bonds is 4. The maximum absolute atomic E-state index is 11.7. The number of carbonyl (C=O) groups excluding carboxylic acids is 1. The average Bonchev–Trinajstić information content (AvgIpc) is 3.12. The summed E-state index contributed by atoms with van der Waals surface area (Å²) in [6.07, 6.45) is 1.82. The number of nitrogens with zero attached hydrogens (tertiary/aromatic N) is 2. The van der Waals surface area contributed by atoms with Gasteiger partial charge in [-0.1, -0.05) is 29.8 Å². The van der Waals surface area contributed by atoms with E-state index >= 15 is 0 Å². The van der Waals surface area contributed by atoms with Crippen LogP contribution >= 0.6 is 11.3 Å². The van der Waals surface area contributed by atoms with Crippen molar-refractivity contribution in [2.75, 3.05) is 12.8 Å². The molecule has 5 nitrogen and oxygen atoms in total. The molecule has 0 atom stereocenters. The molecule has 6 heteroatoms. The molecule has 2 heterocycles. The predicted molar refractivity (Wildman–Crippen MR) is 96.3 cm³/mol. The summed E-state index contributed by atoms with van der Waals surface area (Å²) in [5.74, 6) is -0.409. The second kappa shape index (κ2) is 6.49. The predicted octanol–water partition coefficient (Wildman–Crippen LogP) is 3.65. The normalized spacial score (nSPS) is 10.8. The van der Waals surface area contributed by atoms with Gasteiger partial charge in [0.1, 0.15) is 4.88 Å². The molecule has 3 rings (SSSR count). The van der Waals surface area contributed by atoms with Gasteiger partial charge >= 0.3 is 5.97 Å². The number of thiophene rings is 1. The van der Waals surface area contributed by atoms with Crippen molar-refractivity contribution in [2.45, 2.75) is 20.4 Å². The van der Waals surface area contributed by atoms with E-state index in [4.69, 9.17) is 10.5 Å². The average molecular weight is 341 g/mol. The molecule has 0 aliphatic rings. The molecular weight excluding hydrogens is 322 g/mol. The first-order valence-electron chi connectivity index (χ1n) is 7.55. The third-order valence-electron chi connectivity index (χ3n) is 3.95. The van der Waals surface area contributed by atoms with Gasteiger partial charge in [0.25, 0.3) is 0 Å². The molecule has 0 unspecified atom stereocenters. The molecule has 24 heavy (non-hydrogen) atoms. The summed E-state index contributed by atoms with van der Waals surface area (Å²) in [6.45, 7) is 4.79. The molecule has 2 aromatic heterocycles. The summed E-state index contributed by atoms with van der Waals surface area (Å²) in [5.41, 5.74) is 10.8. The van der Waals surface area contributed by atoms with Crippen molar-refractivity contribution in [1.82, 2.24) is 9.78 Å². The Morgan fingerprint density at radius 3 is 2.67 bits per heavy atom. The van der Waals surface area contributed by atoms with Crippen molar-refractivity contribution in [1.29, 1.82) is 0 Å². The summed E-state index contributed by atoms with van der Waals surface area (Å²) in [5, 5.41) is 4.48. The molecular formula is C18H19N3O2S. The van der Waals surface area contributed by atoms with Gasteiger partial charge in [-0.3, -0.25) is 4.68 Å². The van der Waals surface area contributed by atoms with Crippen molar-refractivity contribution in [3.05, 3.63) is 58.2 Å². The molecule has 1 aromatic carbocycles. The van der Waals surface area contributed by atoms with Crippen LogP contribution in [0.3, 0.4) is 0 Å². The molecule has 3 aromatic rings. The van der Waals surface area contributed by atoms with E-state index in [9.17, 15) is 4.79 Å². The minimum absolute atomic E-state index is 0.409. The van der Waals surface area contributed by atoms with Crippen LogP contribution in [0.15, 0.2) is 36.5 Å². The van der Waals surface area contributed by atoms with Crippen LogP contribution in [-0.4, -0.2) is 22.9 Å². The fourth-order valence-electron chi connectivity index (χ4n) is 2.50. The van der Waals surface area contributed by atoms with Gasteiger partial charge in [0, 0.05) is 16.1 Å². The molecule has 0 saturated carbocycles. The third-order valence-corrected chi connectivity index (χ3v) is 5.12. The Morgan fingerprint density at radius 2 is 2.00 bits per heavy atom. The first kappa shape index (κ1) is 16.3. The Kier molecular flexibility index (Phi) is 4.40. The van der Waals surface area contributed by atoms with Crippen LogP contribution in [0.5, 0.6) is 0 Å². The summed E-state index contributed by atoms with van der Waals surface area (Å²) in [6, 6.07) is 10.2. The summed E-state index contributed by atoms with van der Waals surface area (Å²) in [7, 11) is 1.35. The van der Waals surface area contributed by atoms with Crippen molar-refractivity contribution >= 4 is 23.0 Å². The Bertz CT molecular complexity index is 878. The lowest BCUT2D eigenvalue weighted by Crippen LogP contribution is -2.03. The number of anilines is 1. The zero-order valence-electron chi connectivity index (χ0n) is 13.9. The number of aryl methyl sites for hydroxylation is 1. The molecule has 0 spiro atoms. The van der Waals surface area contributed by atoms with Crippen LogP contribution in [0.1, 0.15) is 26.5 Å². The number of nitrogens with two attached hydrogens (primary N) is 1. The van der Waals surface area contributed by atoms with Crippen LogP contribution in [0.2, 0.25) is 0 Å². The number of methoxy groups -OCH3 is 1. The highest BCUT2D eigenvalue weighted by molar-refractivity contribution is 7.18.